The quantitative estimate of drug-likeness (QED) is 0.752. The molecule has 3 heteroatoms. The summed E-state index contributed by atoms with van der Waals surface area (Å²) in [6.45, 7) is 8.57. The summed E-state index contributed by atoms with van der Waals surface area (Å²) in [7, 11) is 0. The van der Waals surface area contributed by atoms with Crippen molar-refractivity contribution < 1.29 is 0 Å². The zero-order valence-corrected chi connectivity index (χ0v) is 9.45. The molecule has 0 aliphatic carbocycles. The SMILES string of the molecule is CCNC(C)CCCn1nccc1C. The third-order valence-electron chi connectivity index (χ3n) is 2.49. The van der Waals surface area contributed by atoms with Crippen LogP contribution < -0.4 is 5.32 Å². The van der Waals surface area contributed by atoms with Crippen molar-refractivity contribution >= 4 is 0 Å². The Kier molecular flexibility index (Phi) is 4.66. The number of hydrogen-bond donors (Lipinski definition) is 1. The molecule has 1 heterocycles. The normalized spacial score (nSPS) is 13.1. The minimum atomic E-state index is 0.621. The van der Waals surface area contributed by atoms with E-state index in [1.165, 1.54) is 18.5 Å². The molecule has 0 aliphatic rings. The summed E-state index contributed by atoms with van der Waals surface area (Å²) < 4.78 is 2.07. The van der Waals surface area contributed by atoms with E-state index >= 15 is 0 Å². The lowest BCUT2D eigenvalue weighted by Crippen LogP contribution is -2.25. The van der Waals surface area contributed by atoms with Crippen molar-refractivity contribution in [1.29, 1.82) is 0 Å². The van der Waals surface area contributed by atoms with Crippen LogP contribution in [0.15, 0.2) is 12.3 Å². The van der Waals surface area contributed by atoms with Crippen LogP contribution in [-0.2, 0) is 6.54 Å². The molecule has 1 aromatic heterocycles. The molecule has 0 saturated heterocycles. The number of nitrogens with one attached hydrogen (secondary N) is 1. The molecule has 1 rings (SSSR count). The van der Waals surface area contributed by atoms with Crippen LogP contribution in [-0.4, -0.2) is 22.4 Å². The molecule has 1 aromatic rings. The predicted octanol–water partition coefficient (Wildman–Crippen LogP) is 1.97. The van der Waals surface area contributed by atoms with E-state index in [2.05, 4.69) is 35.9 Å². The van der Waals surface area contributed by atoms with Crippen molar-refractivity contribution in [2.45, 2.75) is 46.2 Å². The predicted molar refractivity (Wildman–Crippen MR) is 59.3 cm³/mol. The van der Waals surface area contributed by atoms with Gasteiger partial charge in [0.1, 0.15) is 0 Å². The third kappa shape index (κ3) is 3.50. The highest BCUT2D eigenvalue weighted by atomic mass is 15.3. The Balaban J connectivity index is 2.19. The average molecular weight is 195 g/mol. The lowest BCUT2D eigenvalue weighted by atomic mass is 10.2. The van der Waals surface area contributed by atoms with Gasteiger partial charge in [-0.15, -0.1) is 0 Å². The van der Waals surface area contributed by atoms with Gasteiger partial charge in [0.15, 0.2) is 0 Å². The molecule has 0 radical (unpaired) electrons. The van der Waals surface area contributed by atoms with Gasteiger partial charge in [-0.25, -0.2) is 0 Å². The van der Waals surface area contributed by atoms with E-state index in [-0.39, 0.29) is 0 Å². The number of rotatable bonds is 6. The minimum Gasteiger partial charge on any atom is -0.315 e. The number of aryl methyl sites for hydroxylation is 2. The summed E-state index contributed by atoms with van der Waals surface area (Å²) in [5.41, 5.74) is 1.25. The number of aromatic nitrogens is 2. The topological polar surface area (TPSA) is 29.9 Å². The van der Waals surface area contributed by atoms with Crippen LogP contribution in [0, 0.1) is 6.92 Å². The van der Waals surface area contributed by atoms with Crippen LogP contribution in [0.4, 0.5) is 0 Å². The monoisotopic (exact) mass is 195 g/mol. The van der Waals surface area contributed by atoms with Gasteiger partial charge in [0.05, 0.1) is 0 Å². The van der Waals surface area contributed by atoms with Gasteiger partial charge >= 0.3 is 0 Å². The Morgan fingerprint density at radius 1 is 1.57 bits per heavy atom. The van der Waals surface area contributed by atoms with Crippen LogP contribution >= 0.6 is 0 Å². The fraction of sp³-hybridized carbons (Fsp3) is 0.727. The van der Waals surface area contributed by atoms with Crippen molar-refractivity contribution in [3.63, 3.8) is 0 Å². The molecule has 0 spiro atoms. The lowest BCUT2D eigenvalue weighted by molar-refractivity contribution is 0.468. The second-order valence-corrected chi connectivity index (χ2v) is 3.80. The number of nitrogens with zero attached hydrogens (tertiary/aromatic N) is 2. The third-order valence-corrected chi connectivity index (χ3v) is 2.49. The van der Waals surface area contributed by atoms with Crippen LogP contribution in [0.25, 0.3) is 0 Å². The fourth-order valence-electron chi connectivity index (χ4n) is 1.63. The van der Waals surface area contributed by atoms with E-state index in [4.69, 9.17) is 0 Å². The summed E-state index contributed by atoms with van der Waals surface area (Å²) in [6, 6.07) is 2.67. The summed E-state index contributed by atoms with van der Waals surface area (Å²) in [5.74, 6) is 0. The molecule has 80 valence electrons. The largest absolute Gasteiger partial charge is 0.315 e. The average Bonchev–Trinajstić information content (AvgIpc) is 2.52. The second-order valence-electron chi connectivity index (χ2n) is 3.80. The van der Waals surface area contributed by atoms with Crippen molar-refractivity contribution in [3.8, 4) is 0 Å². The summed E-state index contributed by atoms with van der Waals surface area (Å²) >= 11 is 0. The van der Waals surface area contributed by atoms with Gasteiger partial charge in [0, 0.05) is 24.5 Å². The first-order valence-corrected chi connectivity index (χ1v) is 5.45. The van der Waals surface area contributed by atoms with Gasteiger partial charge in [0.25, 0.3) is 0 Å². The Hall–Kier alpha value is -0.830. The van der Waals surface area contributed by atoms with Gasteiger partial charge in [-0.05, 0) is 39.3 Å². The minimum absolute atomic E-state index is 0.621. The van der Waals surface area contributed by atoms with E-state index in [1.54, 1.807) is 0 Å². The first-order chi connectivity index (χ1) is 6.74. The van der Waals surface area contributed by atoms with Crippen LogP contribution in [0.5, 0.6) is 0 Å². The number of hydrogen-bond acceptors (Lipinski definition) is 2. The van der Waals surface area contributed by atoms with Crippen molar-refractivity contribution in [2.75, 3.05) is 6.54 Å². The van der Waals surface area contributed by atoms with Crippen molar-refractivity contribution in [1.82, 2.24) is 15.1 Å². The van der Waals surface area contributed by atoms with Gasteiger partial charge in [-0.2, -0.15) is 5.10 Å². The molecule has 1 N–H and O–H groups in total. The highest BCUT2D eigenvalue weighted by molar-refractivity contribution is 4.96. The molecule has 0 aliphatic heterocycles. The Bertz CT molecular complexity index is 255. The van der Waals surface area contributed by atoms with E-state index in [0.29, 0.717) is 6.04 Å². The molecule has 14 heavy (non-hydrogen) atoms. The molecule has 0 aromatic carbocycles. The maximum Gasteiger partial charge on any atom is 0.0492 e. The second kappa shape index (κ2) is 5.81. The van der Waals surface area contributed by atoms with Crippen molar-refractivity contribution in [3.05, 3.63) is 18.0 Å². The van der Waals surface area contributed by atoms with Crippen molar-refractivity contribution in [2.24, 2.45) is 0 Å². The summed E-state index contributed by atoms with van der Waals surface area (Å²) in [6.07, 6.45) is 4.27. The van der Waals surface area contributed by atoms with Gasteiger partial charge in [-0.1, -0.05) is 6.92 Å². The Morgan fingerprint density at radius 2 is 2.36 bits per heavy atom. The van der Waals surface area contributed by atoms with Crippen LogP contribution in [0.2, 0.25) is 0 Å². The van der Waals surface area contributed by atoms with E-state index in [1.807, 2.05) is 12.3 Å². The molecule has 0 bridgehead atoms. The highest BCUT2D eigenvalue weighted by Gasteiger charge is 2.00. The summed E-state index contributed by atoms with van der Waals surface area (Å²) in [4.78, 5) is 0. The fourth-order valence-corrected chi connectivity index (χ4v) is 1.63. The van der Waals surface area contributed by atoms with Crippen LogP contribution in [0.3, 0.4) is 0 Å². The molecule has 0 amide bonds. The molecule has 3 nitrogen and oxygen atoms in total. The van der Waals surface area contributed by atoms with Gasteiger partial charge < -0.3 is 5.32 Å². The van der Waals surface area contributed by atoms with E-state index in [0.717, 1.165) is 13.1 Å². The van der Waals surface area contributed by atoms with E-state index in [9.17, 15) is 0 Å². The Morgan fingerprint density at radius 3 is 2.93 bits per heavy atom. The summed E-state index contributed by atoms with van der Waals surface area (Å²) in [5, 5.41) is 7.67. The maximum absolute atomic E-state index is 4.25. The molecule has 0 saturated carbocycles. The molecule has 1 unspecified atom stereocenters. The lowest BCUT2D eigenvalue weighted by Gasteiger charge is -2.12. The molecule has 1 atom stereocenters. The molecular weight excluding hydrogens is 174 g/mol. The highest BCUT2D eigenvalue weighted by Crippen LogP contribution is 2.02. The zero-order valence-electron chi connectivity index (χ0n) is 9.45. The van der Waals surface area contributed by atoms with Gasteiger partial charge in [0.2, 0.25) is 0 Å². The van der Waals surface area contributed by atoms with Gasteiger partial charge in [-0.3, -0.25) is 4.68 Å². The first-order valence-electron chi connectivity index (χ1n) is 5.45. The zero-order chi connectivity index (χ0) is 10.4. The standard InChI is InChI=1S/C11H21N3/c1-4-12-10(2)6-5-9-14-11(3)7-8-13-14/h7-8,10,12H,4-6,9H2,1-3H3. The molecule has 0 fully saturated rings. The van der Waals surface area contributed by atoms with Crippen LogP contribution in [0.1, 0.15) is 32.4 Å². The van der Waals surface area contributed by atoms with E-state index < -0.39 is 0 Å². The first kappa shape index (κ1) is 11.2. The molecular formula is C11H21N3. The smallest absolute Gasteiger partial charge is 0.0492 e. The maximum atomic E-state index is 4.25. The Labute approximate surface area is 86.5 Å².